The number of carbonyl (C=O) groups excluding carboxylic acids is 2. The van der Waals surface area contributed by atoms with Gasteiger partial charge in [0.15, 0.2) is 5.82 Å². The van der Waals surface area contributed by atoms with E-state index in [0.29, 0.717) is 5.69 Å². The first-order chi connectivity index (χ1) is 13.9. The van der Waals surface area contributed by atoms with Gasteiger partial charge in [-0.2, -0.15) is 5.10 Å². The van der Waals surface area contributed by atoms with Crippen LogP contribution in [-0.2, 0) is 19.5 Å². The average Bonchev–Trinajstić information content (AvgIpc) is 3.20. The van der Waals surface area contributed by atoms with Crippen LogP contribution < -0.4 is 4.72 Å². The lowest BCUT2D eigenvalue weighted by Gasteiger charge is -2.11. The number of methoxy groups -OCH3 is 2. The lowest BCUT2D eigenvalue weighted by Crippen LogP contribution is -2.19. The summed E-state index contributed by atoms with van der Waals surface area (Å²) in [6, 6.07) is 12.3. The number of benzene rings is 2. The second-order valence-electron chi connectivity index (χ2n) is 5.65. The smallest absolute Gasteiger partial charge is 0.339 e. The summed E-state index contributed by atoms with van der Waals surface area (Å²) in [4.78, 5) is 24.6. The molecule has 0 aliphatic rings. The Hall–Kier alpha value is -3.73. The van der Waals surface area contributed by atoms with Crippen molar-refractivity contribution in [3.8, 4) is 5.69 Å². The second kappa shape index (κ2) is 8.10. The Kier molecular flexibility index (Phi) is 5.59. The molecule has 0 bridgehead atoms. The van der Waals surface area contributed by atoms with Gasteiger partial charge in [0.1, 0.15) is 4.90 Å². The van der Waals surface area contributed by atoms with Gasteiger partial charge < -0.3 is 9.47 Å². The Labute approximate surface area is 166 Å². The largest absolute Gasteiger partial charge is 0.465 e. The van der Waals surface area contributed by atoms with E-state index >= 15 is 0 Å². The predicted molar refractivity (Wildman–Crippen MR) is 101 cm³/mol. The maximum Gasteiger partial charge on any atom is 0.339 e. The molecule has 0 fully saturated rings. The van der Waals surface area contributed by atoms with E-state index < -0.39 is 26.9 Å². The fourth-order valence-corrected chi connectivity index (χ4v) is 3.66. The van der Waals surface area contributed by atoms with E-state index in [9.17, 15) is 18.0 Å². The molecule has 0 amide bonds. The van der Waals surface area contributed by atoms with Crippen LogP contribution >= 0.6 is 0 Å². The van der Waals surface area contributed by atoms with Crippen molar-refractivity contribution in [3.05, 3.63) is 65.9 Å². The van der Waals surface area contributed by atoms with Gasteiger partial charge in [-0.05, 0) is 30.3 Å². The lowest BCUT2D eigenvalue weighted by atomic mass is 10.1. The molecule has 150 valence electrons. The van der Waals surface area contributed by atoms with Crippen molar-refractivity contribution in [3.63, 3.8) is 0 Å². The molecule has 11 heteroatoms. The van der Waals surface area contributed by atoms with Gasteiger partial charge in [-0.15, -0.1) is 9.90 Å². The standard InChI is InChI=1S/C18H16N4O6S/c1-27-17(23)12-8-9-14(18(24)28-2)15(10-12)29(25,26)21-16-11-19-22(20-16)13-6-4-3-5-7-13/h3-11H,1-2H3,(H,20,21). The minimum absolute atomic E-state index is 0.0477. The summed E-state index contributed by atoms with van der Waals surface area (Å²) >= 11 is 0. The Morgan fingerprint density at radius 1 is 1.00 bits per heavy atom. The molecule has 0 saturated heterocycles. The van der Waals surface area contributed by atoms with Gasteiger partial charge in [-0.3, -0.25) is 4.72 Å². The monoisotopic (exact) mass is 416 g/mol. The fraction of sp³-hybridized carbons (Fsp3) is 0.111. The fourth-order valence-electron chi connectivity index (χ4n) is 2.46. The number of sulfonamides is 1. The van der Waals surface area contributed by atoms with Crippen LogP contribution in [-0.4, -0.2) is 49.6 Å². The first kappa shape index (κ1) is 20.0. The van der Waals surface area contributed by atoms with E-state index in [1.807, 2.05) is 6.07 Å². The summed E-state index contributed by atoms with van der Waals surface area (Å²) in [5.74, 6) is -1.71. The molecule has 0 atom stereocenters. The van der Waals surface area contributed by atoms with Crippen LogP contribution in [0, 0.1) is 0 Å². The van der Waals surface area contributed by atoms with Gasteiger partial charge in [-0.1, -0.05) is 18.2 Å². The van der Waals surface area contributed by atoms with Crippen molar-refractivity contribution < 1.29 is 27.5 Å². The van der Waals surface area contributed by atoms with Gasteiger partial charge in [0.2, 0.25) is 0 Å². The average molecular weight is 416 g/mol. The Morgan fingerprint density at radius 2 is 1.69 bits per heavy atom. The minimum atomic E-state index is -4.31. The summed E-state index contributed by atoms with van der Waals surface area (Å²) in [5.41, 5.74) is 0.331. The molecule has 3 aromatic rings. The van der Waals surface area contributed by atoms with Crippen LogP contribution in [0.3, 0.4) is 0 Å². The number of aromatic nitrogens is 3. The van der Waals surface area contributed by atoms with E-state index in [-0.39, 0.29) is 16.9 Å². The normalized spacial score (nSPS) is 11.0. The number of esters is 2. The van der Waals surface area contributed by atoms with Gasteiger partial charge in [0, 0.05) is 0 Å². The van der Waals surface area contributed by atoms with Crippen LogP contribution in [0.5, 0.6) is 0 Å². The zero-order valence-corrected chi connectivity index (χ0v) is 16.2. The van der Waals surface area contributed by atoms with Crippen molar-refractivity contribution >= 4 is 27.8 Å². The summed E-state index contributed by atoms with van der Waals surface area (Å²) in [5, 5.41) is 8.08. The van der Waals surface area contributed by atoms with E-state index in [1.165, 1.54) is 23.1 Å². The zero-order chi connectivity index (χ0) is 21.0. The van der Waals surface area contributed by atoms with Gasteiger partial charge in [0.25, 0.3) is 10.0 Å². The van der Waals surface area contributed by atoms with Crippen molar-refractivity contribution in [1.29, 1.82) is 0 Å². The molecule has 1 heterocycles. The highest BCUT2D eigenvalue weighted by Gasteiger charge is 2.26. The number of nitrogens with zero attached hydrogens (tertiary/aromatic N) is 3. The molecule has 0 aliphatic carbocycles. The maximum absolute atomic E-state index is 12.9. The topological polar surface area (TPSA) is 129 Å². The number of para-hydroxylation sites is 1. The zero-order valence-electron chi connectivity index (χ0n) is 15.4. The number of carbonyl (C=O) groups is 2. The molecular weight excluding hydrogens is 400 g/mol. The molecule has 3 rings (SSSR count). The Bertz CT molecular complexity index is 1160. The van der Waals surface area contributed by atoms with E-state index in [4.69, 9.17) is 0 Å². The Morgan fingerprint density at radius 3 is 2.34 bits per heavy atom. The molecule has 0 aliphatic heterocycles. The molecule has 1 N–H and O–H groups in total. The summed E-state index contributed by atoms with van der Waals surface area (Å²) < 4.78 is 37.3. The molecule has 1 aromatic heterocycles. The van der Waals surface area contributed by atoms with Gasteiger partial charge >= 0.3 is 11.9 Å². The molecule has 0 unspecified atom stereocenters. The summed E-state index contributed by atoms with van der Waals surface area (Å²) in [6.07, 6.45) is 1.21. The highest BCUT2D eigenvalue weighted by atomic mass is 32.2. The number of hydrogen-bond acceptors (Lipinski definition) is 8. The molecule has 29 heavy (non-hydrogen) atoms. The highest BCUT2D eigenvalue weighted by molar-refractivity contribution is 7.92. The van der Waals surface area contributed by atoms with Crippen molar-refractivity contribution in [2.75, 3.05) is 18.9 Å². The van der Waals surface area contributed by atoms with Crippen LogP contribution in [0.25, 0.3) is 5.69 Å². The number of rotatable bonds is 6. The lowest BCUT2D eigenvalue weighted by molar-refractivity contribution is 0.0583. The third-order valence-electron chi connectivity index (χ3n) is 3.82. The highest BCUT2D eigenvalue weighted by Crippen LogP contribution is 2.22. The van der Waals surface area contributed by atoms with E-state index in [1.54, 1.807) is 24.3 Å². The first-order valence-corrected chi connectivity index (χ1v) is 9.65. The van der Waals surface area contributed by atoms with E-state index in [2.05, 4.69) is 24.4 Å². The number of hydrogen-bond donors (Lipinski definition) is 1. The SMILES string of the molecule is COC(=O)c1ccc(C(=O)OC)c(S(=O)(=O)Nc2cnn(-c3ccccc3)n2)c1. The molecule has 0 spiro atoms. The van der Waals surface area contributed by atoms with Gasteiger partial charge in [0.05, 0.1) is 37.2 Å². The summed E-state index contributed by atoms with van der Waals surface area (Å²) in [6.45, 7) is 0. The third-order valence-corrected chi connectivity index (χ3v) is 5.21. The van der Waals surface area contributed by atoms with Gasteiger partial charge in [-0.25, -0.2) is 18.0 Å². The van der Waals surface area contributed by atoms with E-state index in [0.717, 1.165) is 20.3 Å². The number of nitrogens with one attached hydrogen (secondary N) is 1. The van der Waals surface area contributed by atoms with Crippen molar-refractivity contribution in [2.45, 2.75) is 4.90 Å². The maximum atomic E-state index is 12.9. The second-order valence-corrected chi connectivity index (χ2v) is 7.31. The molecular formula is C18H16N4O6S. The van der Waals surface area contributed by atoms with Crippen LogP contribution in [0.2, 0.25) is 0 Å². The number of ether oxygens (including phenoxy) is 2. The first-order valence-electron chi connectivity index (χ1n) is 8.17. The summed E-state index contributed by atoms with van der Waals surface area (Å²) in [7, 11) is -2.03. The third kappa shape index (κ3) is 4.24. The van der Waals surface area contributed by atoms with Crippen LogP contribution in [0.1, 0.15) is 20.7 Å². The minimum Gasteiger partial charge on any atom is -0.465 e. The molecule has 0 saturated carbocycles. The van der Waals surface area contributed by atoms with Crippen molar-refractivity contribution in [2.24, 2.45) is 0 Å². The Balaban J connectivity index is 1.99. The number of anilines is 1. The quantitative estimate of drug-likeness (QED) is 0.600. The van der Waals surface area contributed by atoms with Crippen LogP contribution in [0.15, 0.2) is 59.6 Å². The molecule has 2 aromatic carbocycles. The predicted octanol–water partition coefficient (Wildman–Crippen LogP) is 1.64. The van der Waals surface area contributed by atoms with Crippen LogP contribution in [0.4, 0.5) is 5.82 Å². The molecule has 0 radical (unpaired) electrons. The van der Waals surface area contributed by atoms with Crippen molar-refractivity contribution in [1.82, 2.24) is 15.0 Å². The molecule has 10 nitrogen and oxygen atoms in total.